The summed E-state index contributed by atoms with van der Waals surface area (Å²) in [6.45, 7) is 4.05. The normalized spacial score (nSPS) is 20.0. The third-order valence-corrected chi connectivity index (χ3v) is 12.4. The predicted molar refractivity (Wildman–Crippen MR) is 244 cm³/mol. The van der Waals surface area contributed by atoms with Gasteiger partial charge in [-0.25, -0.2) is 4.18 Å². The van der Waals surface area contributed by atoms with E-state index in [-0.39, 0.29) is 19.6 Å². The molecule has 364 valence electrons. The summed E-state index contributed by atoms with van der Waals surface area (Å²) in [5, 5.41) is 30.7. The molecule has 0 aromatic heterocycles. The van der Waals surface area contributed by atoms with Gasteiger partial charge in [0.25, 0.3) is 0 Å². The van der Waals surface area contributed by atoms with Crippen LogP contribution in [0.3, 0.4) is 0 Å². The summed E-state index contributed by atoms with van der Waals surface area (Å²) in [7, 11) is -5.06. The van der Waals surface area contributed by atoms with E-state index >= 15 is 0 Å². The highest BCUT2D eigenvalue weighted by Gasteiger charge is 2.48. The molecule has 1 heterocycles. The largest absolute Gasteiger partial charge is 0.457 e. The van der Waals surface area contributed by atoms with E-state index < -0.39 is 59.8 Å². The first-order valence-corrected chi connectivity index (χ1v) is 26.7. The molecule has 0 spiro atoms. The number of ether oxygens (including phenoxy) is 4. The van der Waals surface area contributed by atoms with Gasteiger partial charge < -0.3 is 34.3 Å². The van der Waals surface area contributed by atoms with Gasteiger partial charge in [0.1, 0.15) is 30.5 Å². The Morgan fingerprint density at radius 1 is 0.557 bits per heavy atom. The van der Waals surface area contributed by atoms with Crippen molar-refractivity contribution >= 4 is 16.4 Å². The summed E-state index contributed by atoms with van der Waals surface area (Å²) in [5.74, 6) is -0.391. The molecule has 0 aromatic rings. The van der Waals surface area contributed by atoms with Gasteiger partial charge in [-0.3, -0.25) is 9.35 Å². The lowest BCUT2D eigenvalue weighted by molar-refractivity contribution is -0.301. The molecule has 1 saturated heterocycles. The SMILES string of the molecule is CCCCCCCCCCCCCCCCCCCCC(=O)OC(COCCCCCCCCCCCCCCCCCC)COC1OC(CO)C(O)C(OS(=O)(=O)O)C1O. The standard InChI is InChI=1S/C48H94O12S/c1-3-5-7-9-11-13-15-17-19-21-22-23-25-27-29-31-33-35-37-44(50)58-42(41-57-48-46(52)47(60-61(53,54)55)45(51)43(39-49)59-48)40-56-38-36-34-32-30-28-26-24-20-18-16-14-12-10-8-6-4-2/h42-43,45-49,51-52H,3-41H2,1-2H3,(H,53,54,55). The van der Waals surface area contributed by atoms with Crippen LogP contribution in [0.2, 0.25) is 0 Å². The van der Waals surface area contributed by atoms with E-state index in [2.05, 4.69) is 18.0 Å². The highest BCUT2D eigenvalue weighted by atomic mass is 32.3. The fourth-order valence-corrected chi connectivity index (χ4v) is 8.65. The molecule has 1 aliphatic rings. The van der Waals surface area contributed by atoms with Gasteiger partial charge in [0.2, 0.25) is 0 Å². The molecule has 0 radical (unpaired) electrons. The van der Waals surface area contributed by atoms with Crippen LogP contribution in [0, 0.1) is 0 Å². The predicted octanol–water partition coefficient (Wildman–Crippen LogP) is 11.3. The highest BCUT2D eigenvalue weighted by molar-refractivity contribution is 7.80. The Labute approximate surface area is 373 Å². The Balaban J connectivity index is 2.35. The van der Waals surface area contributed by atoms with E-state index in [0.717, 1.165) is 38.5 Å². The number of carbonyl (C=O) groups excluding carboxylic acids is 1. The van der Waals surface area contributed by atoms with Gasteiger partial charge in [-0.05, 0) is 12.8 Å². The molecule has 0 aromatic carbocycles. The lowest BCUT2D eigenvalue weighted by atomic mass is 9.99. The van der Waals surface area contributed by atoms with E-state index in [0.29, 0.717) is 13.0 Å². The van der Waals surface area contributed by atoms with Crippen molar-refractivity contribution in [3.05, 3.63) is 0 Å². The van der Waals surface area contributed by atoms with Crippen LogP contribution >= 0.6 is 0 Å². The molecule has 12 nitrogen and oxygen atoms in total. The van der Waals surface area contributed by atoms with Crippen molar-refractivity contribution in [3.8, 4) is 0 Å². The van der Waals surface area contributed by atoms with Crippen LogP contribution in [0.1, 0.15) is 239 Å². The summed E-state index contributed by atoms with van der Waals surface area (Å²) in [5.41, 5.74) is 0. The number of aliphatic hydroxyl groups excluding tert-OH is 3. The molecule has 1 rings (SSSR count). The van der Waals surface area contributed by atoms with Gasteiger partial charge in [-0.1, -0.05) is 219 Å². The number of hydrogen-bond donors (Lipinski definition) is 4. The van der Waals surface area contributed by atoms with Gasteiger partial charge >= 0.3 is 16.4 Å². The zero-order valence-electron chi connectivity index (χ0n) is 39.0. The van der Waals surface area contributed by atoms with Crippen molar-refractivity contribution in [2.24, 2.45) is 0 Å². The molecule has 1 fully saturated rings. The Morgan fingerprint density at radius 3 is 1.31 bits per heavy atom. The van der Waals surface area contributed by atoms with Gasteiger partial charge in [0.15, 0.2) is 6.29 Å². The number of unbranched alkanes of at least 4 members (excludes halogenated alkanes) is 32. The lowest BCUT2D eigenvalue weighted by Crippen LogP contribution is -2.60. The second kappa shape index (κ2) is 40.6. The fraction of sp³-hybridized carbons (Fsp3) is 0.979. The van der Waals surface area contributed by atoms with Crippen LogP contribution in [0.5, 0.6) is 0 Å². The fourth-order valence-electron chi connectivity index (χ4n) is 8.15. The van der Waals surface area contributed by atoms with E-state index in [1.54, 1.807) is 0 Å². The Bertz CT molecular complexity index is 1080. The number of esters is 1. The van der Waals surface area contributed by atoms with Crippen LogP contribution in [-0.4, -0.2) is 97.5 Å². The summed E-state index contributed by atoms with van der Waals surface area (Å²) in [6.07, 6.45) is 34.2. The summed E-state index contributed by atoms with van der Waals surface area (Å²) in [4.78, 5) is 12.9. The Morgan fingerprint density at radius 2 is 0.934 bits per heavy atom. The monoisotopic (exact) mass is 895 g/mol. The molecule has 1 aliphatic heterocycles. The number of hydrogen-bond acceptors (Lipinski definition) is 11. The minimum Gasteiger partial charge on any atom is -0.457 e. The molecule has 0 amide bonds. The first kappa shape index (κ1) is 58.1. The van der Waals surface area contributed by atoms with Crippen LogP contribution < -0.4 is 0 Å². The molecule has 0 saturated carbocycles. The molecule has 0 aliphatic carbocycles. The van der Waals surface area contributed by atoms with Crippen molar-refractivity contribution < 1.29 is 56.2 Å². The van der Waals surface area contributed by atoms with Gasteiger partial charge in [-0.2, -0.15) is 8.42 Å². The molecule has 61 heavy (non-hydrogen) atoms. The van der Waals surface area contributed by atoms with Crippen LogP contribution in [0.4, 0.5) is 0 Å². The minimum absolute atomic E-state index is 0.0451. The van der Waals surface area contributed by atoms with Crippen molar-refractivity contribution in [2.45, 2.75) is 275 Å². The molecule has 6 unspecified atom stereocenters. The third-order valence-electron chi connectivity index (χ3n) is 12.0. The number of aliphatic hydroxyl groups is 3. The molecule has 4 N–H and O–H groups in total. The molecule has 13 heteroatoms. The first-order chi connectivity index (χ1) is 29.6. The molecular formula is C48H94O12S. The van der Waals surface area contributed by atoms with Crippen LogP contribution in [-0.2, 0) is 38.3 Å². The van der Waals surface area contributed by atoms with Crippen molar-refractivity contribution in [2.75, 3.05) is 26.4 Å². The van der Waals surface area contributed by atoms with E-state index in [9.17, 15) is 33.1 Å². The topological polar surface area (TPSA) is 178 Å². The minimum atomic E-state index is -5.06. The van der Waals surface area contributed by atoms with Gasteiger partial charge in [0, 0.05) is 13.0 Å². The number of rotatable bonds is 45. The lowest BCUT2D eigenvalue weighted by Gasteiger charge is -2.41. The van der Waals surface area contributed by atoms with Crippen LogP contribution in [0.25, 0.3) is 0 Å². The van der Waals surface area contributed by atoms with Crippen LogP contribution in [0.15, 0.2) is 0 Å². The molecule has 6 atom stereocenters. The van der Waals surface area contributed by atoms with Crippen molar-refractivity contribution in [3.63, 3.8) is 0 Å². The quantitative estimate of drug-likeness (QED) is 0.0259. The van der Waals surface area contributed by atoms with Gasteiger partial charge in [-0.15, -0.1) is 0 Å². The average Bonchev–Trinajstić information content (AvgIpc) is 3.23. The van der Waals surface area contributed by atoms with E-state index in [1.165, 1.54) is 173 Å². The van der Waals surface area contributed by atoms with E-state index in [1.807, 2.05) is 0 Å². The average molecular weight is 895 g/mol. The molecular weight excluding hydrogens is 801 g/mol. The summed E-state index contributed by atoms with van der Waals surface area (Å²) in [6, 6.07) is 0. The Kier molecular flexibility index (Phi) is 38.7. The second-order valence-electron chi connectivity index (χ2n) is 17.8. The van der Waals surface area contributed by atoms with Crippen molar-refractivity contribution in [1.82, 2.24) is 0 Å². The maximum Gasteiger partial charge on any atom is 0.397 e. The number of carbonyl (C=O) groups is 1. The maximum atomic E-state index is 12.9. The van der Waals surface area contributed by atoms with Crippen molar-refractivity contribution in [1.29, 1.82) is 0 Å². The maximum absolute atomic E-state index is 12.9. The zero-order valence-corrected chi connectivity index (χ0v) is 39.8. The first-order valence-electron chi connectivity index (χ1n) is 25.3. The summed E-state index contributed by atoms with van der Waals surface area (Å²) < 4.78 is 59.2. The smallest absolute Gasteiger partial charge is 0.397 e. The summed E-state index contributed by atoms with van der Waals surface area (Å²) >= 11 is 0. The highest BCUT2D eigenvalue weighted by Crippen LogP contribution is 2.26. The second-order valence-corrected chi connectivity index (χ2v) is 18.8. The molecule has 0 bridgehead atoms. The Hall–Kier alpha value is -0.900. The zero-order chi connectivity index (χ0) is 44.7. The third kappa shape index (κ3) is 34.2. The van der Waals surface area contributed by atoms with Gasteiger partial charge in [0.05, 0.1) is 19.8 Å². The van der Waals surface area contributed by atoms with E-state index in [4.69, 9.17) is 18.9 Å².